The predicted molar refractivity (Wildman–Crippen MR) is 116 cm³/mol. The maximum Gasteiger partial charge on any atom is 0.253 e. The van der Waals surface area contributed by atoms with E-state index in [4.69, 9.17) is 15.2 Å². The lowest BCUT2D eigenvalue weighted by Crippen LogP contribution is -2.38. The Morgan fingerprint density at radius 3 is 2.61 bits per heavy atom. The molecule has 0 saturated carbocycles. The fourth-order valence-electron chi connectivity index (χ4n) is 2.84. The quantitative estimate of drug-likeness (QED) is 0.664. The van der Waals surface area contributed by atoms with E-state index in [1.165, 1.54) is 0 Å². The monoisotopic (exact) mass is 427 g/mol. The third kappa shape index (κ3) is 7.20. The Labute approximate surface area is 178 Å². The first-order valence-electron chi connectivity index (χ1n) is 8.87. The molecule has 1 aliphatic rings. The summed E-state index contributed by atoms with van der Waals surface area (Å²) in [5, 5.41) is 2.89. The molecule has 154 valence electrons. The Morgan fingerprint density at radius 2 is 1.86 bits per heavy atom. The summed E-state index contributed by atoms with van der Waals surface area (Å²) in [5.41, 5.74) is 7.79. The number of nitrogens with one attached hydrogen (secondary N) is 1. The first kappa shape index (κ1) is 24.0. The van der Waals surface area contributed by atoms with E-state index >= 15 is 0 Å². The second-order valence-corrected chi connectivity index (χ2v) is 6.22. The van der Waals surface area contributed by atoms with E-state index in [0.29, 0.717) is 24.4 Å². The zero-order valence-corrected chi connectivity index (χ0v) is 17.3. The van der Waals surface area contributed by atoms with Crippen molar-refractivity contribution in [3.05, 3.63) is 59.7 Å². The van der Waals surface area contributed by atoms with Crippen molar-refractivity contribution in [3.63, 3.8) is 0 Å². The Morgan fingerprint density at radius 1 is 1.11 bits per heavy atom. The van der Waals surface area contributed by atoms with Crippen molar-refractivity contribution in [1.29, 1.82) is 0 Å². The molecule has 0 radical (unpaired) electrons. The first-order valence-corrected chi connectivity index (χ1v) is 8.87. The second kappa shape index (κ2) is 12.5. The van der Waals surface area contributed by atoms with Crippen LogP contribution in [-0.4, -0.2) is 50.3 Å². The lowest BCUT2D eigenvalue weighted by molar-refractivity contribution is 0.0322. The number of carbonyl (C=O) groups is 1. The fraction of sp³-hybridized carbons (Fsp3) is 0.350. The van der Waals surface area contributed by atoms with Gasteiger partial charge in [0.1, 0.15) is 12.4 Å². The highest BCUT2D eigenvalue weighted by Crippen LogP contribution is 2.14. The largest absolute Gasteiger partial charge is 0.492 e. The second-order valence-electron chi connectivity index (χ2n) is 6.22. The minimum Gasteiger partial charge on any atom is -0.492 e. The molecule has 2 aromatic carbocycles. The van der Waals surface area contributed by atoms with Crippen LogP contribution in [-0.2, 0) is 11.3 Å². The minimum atomic E-state index is -0.179. The number of anilines is 1. The van der Waals surface area contributed by atoms with Crippen LogP contribution >= 0.6 is 24.8 Å². The van der Waals surface area contributed by atoms with Gasteiger partial charge in [0.25, 0.3) is 5.91 Å². The smallest absolute Gasteiger partial charge is 0.253 e. The molecule has 0 spiro atoms. The number of nitrogens with two attached hydrogens (primary N) is 1. The van der Waals surface area contributed by atoms with Crippen LogP contribution in [0.5, 0.6) is 5.75 Å². The summed E-state index contributed by atoms with van der Waals surface area (Å²) in [5.74, 6) is 0.631. The predicted octanol–water partition coefficient (Wildman–Crippen LogP) is 2.75. The number of rotatable bonds is 7. The molecule has 1 saturated heterocycles. The van der Waals surface area contributed by atoms with Gasteiger partial charge in [-0.1, -0.05) is 24.3 Å². The number of amides is 1. The van der Waals surface area contributed by atoms with Crippen molar-refractivity contribution < 1.29 is 14.3 Å². The van der Waals surface area contributed by atoms with Crippen molar-refractivity contribution in [1.82, 2.24) is 10.2 Å². The minimum absolute atomic E-state index is 0. The van der Waals surface area contributed by atoms with Crippen LogP contribution in [0, 0.1) is 0 Å². The van der Waals surface area contributed by atoms with E-state index in [1.54, 1.807) is 18.2 Å². The van der Waals surface area contributed by atoms with Crippen LogP contribution in [0.1, 0.15) is 15.9 Å². The molecule has 0 atom stereocenters. The van der Waals surface area contributed by atoms with Crippen molar-refractivity contribution in [3.8, 4) is 5.75 Å². The molecule has 1 aliphatic heterocycles. The molecule has 8 heteroatoms. The normalized spacial score (nSPS) is 13.7. The lowest BCUT2D eigenvalue weighted by atomic mass is 10.1. The third-order valence-corrected chi connectivity index (χ3v) is 4.34. The molecule has 0 aliphatic carbocycles. The number of benzene rings is 2. The molecule has 0 bridgehead atoms. The van der Waals surface area contributed by atoms with Gasteiger partial charge in [0.15, 0.2) is 0 Å². The number of para-hydroxylation sites is 1. The zero-order chi connectivity index (χ0) is 18.2. The summed E-state index contributed by atoms with van der Waals surface area (Å²) in [6.45, 7) is 5.44. The Balaban J connectivity index is 0.00000196. The molecule has 1 fully saturated rings. The molecule has 28 heavy (non-hydrogen) atoms. The standard InChI is InChI=1S/C20H25N3O3.2ClH/c21-19-7-2-1-6-18(19)20(24)22-15-16-4-3-5-17(14-16)26-13-10-23-8-11-25-12-9-23;;/h1-7,14H,8-13,15,21H2,(H,22,24);2*1H. The van der Waals surface area contributed by atoms with Crippen molar-refractivity contribution >= 4 is 36.4 Å². The maximum atomic E-state index is 12.2. The third-order valence-electron chi connectivity index (χ3n) is 4.34. The van der Waals surface area contributed by atoms with Crippen LogP contribution in [0.2, 0.25) is 0 Å². The topological polar surface area (TPSA) is 76.8 Å². The molecule has 3 N–H and O–H groups in total. The average Bonchev–Trinajstić information content (AvgIpc) is 2.68. The van der Waals surface area contributed by atoms with Crippen LogP contribution in [0.4, 0.5) is 5.69 Å². The number of nitrogens with zero attached hydrogens (tertiary/aromatic N) is 1. The number of hydrogen-bond donors (Lipinski definition) is 2. The van der Waals surface area contributed by atoms with Crippen LogP contribution in [0.15, 0.2) is 48.5 Å². The Kier molecular flexibility index (Phi) is 10.7. The summed E-state index contributed by atoms with van der Waals surface area (Å²) in [6.07, 6.45) is 0. The number of hydrogen-bond acceptors (Lipinski definition) is 5. The Bertz CT molecular complexity index is 740. The summed E-state index contributed by atoms with van der Waals surface area (Å²) >= 11 is 0. The summed E-state index contributed by atoms with van der Waals surface area (Å²) < 4.78 is 11.2. The number of morpholine rings is 1. The molecule has 0 unspecified atom stereocenters. The summed E-state index contributed by atoms with van der Waals surface area (Å²) in [4.78, 5) is 14.6. The van der Waals surface area contributed by atoms with Gasteiger partial charge in [-0.25, -0.2) is 0 Å². The van der Waals surface area contributed by atoms with Gasteiger partial charge in [0, 0.05) is 31.9 Å². The SMILES string of the molecule is Cl.Cl.Nc1ccccc1C(=O)NCc1cccc(OCCN2CCOCC2)c1. The van der Waals surface area contributed by atoms with Gasteiger partial charge in [0.2, 0.25) is 0 Å². The molecule has 3 rings (SSSR count). The summed E-state index contributed by atoms with van der Waals surface area (Å²) in [6, 6.07) is 14.8. The lowest BCUT2D eigenvalue weighted by Gasteiger charge is -2.26. The number of ether oxygens (including phenoxy) is 2. The van der Waals surface area contributed by atoms with Gasteiger partial charge in [-0.15, -0.1) is 24.8 Å². The molecular formula is C20H27Cl2N3O3. The van der Waals surface area contributed by atoms with Gasteiger partial charge >= 0.3 is 0 Å². The molecular weight excluding hydrogens is 401 g/mol. The highest BCUT2D eigenvalue weighted by molar-refractivity contribution is 5.99. The number of nitrogen functional groups attached to an aromatic ring is 1. The van der Waals surface area contributed by atoms with Gasteiger partial charge in [-0.05, 0) is 29.8 Å². The van der Waals surface area contributed by atoms with Crippen molar-refractivity contribution in [2.75, 3.05) is 45.2 Å². The van der Waals surface area contributed by atoms with Crippen LogP contribution in [0.3, 0.4) is 0 Å². The summed E-state index contributed by atoms with van der Waals surface area (Å²) in [7, 11) is 0. The van der Waals surface area contributed by atoms with Gasteiger partial charge < -0.3 is 20.5 Å². The first-order chi connectivity index (χ1) is 12.7. The van der Waals surface area contributed by atoms with Crippen LogP contribution in [0.25, 0.3) is 0 Å². The van der Waals surface area contributed by atoms with E-state index in [9.17, 15) is 4.79 Å². The van der Waals surface area contributed by atoms with E-state index < -0.39 is 0 Å². The fourth-order valence-corrected chi connectivity index (χ4v) is 2.84. The van der Waals surface area contributed by atoms with E-state index in [0.717, 1.165) is 44.2 Å². The zero-order valence-electron chi connectivity index (χ0n) is 15.6. The van der Waals surface area contributed by atoms with Crippen molar-refractivity contribution in [2.45, 2.75) is 6.54 Å². The molecule has 1 amide bonds. The average molecular weight is 428 g/mol. The van der Waals surface area contributed by atoms with E-state index in [-0.39, 0.29) is 30.7 Å². The number of halogens is 2. The highest BCUT2D eigenvalue weighted by atomic mass is 35.5. The van der Waals surface area contributed by atoms with Gasteiger partial charge in [-0.3, -0.25) is 9.69 Å². The highest BCUT2D eigenvalue weighted by Gasteiger charge is 2.10. The van der Waals surface area contributed by atoms with E-state index in [1.807, 2.05) is 30.3 Å². The van der Waals surface area contributed by atoms with Gasteiger partial charge in [0.05, 0.1) is 18.8 Å². The molecule has 2 aromatic rings. The molecule has 6 nitrogen and oxygen atoms in total. The van der Waals surface area contributed by atoms with Gasteiger partial charge in [-0.2, -0.15) is 0 Å². The maximum absolute atomic E-state index is 12.2. The van der Waals surface area contributed by atoms with E-state index in [2.05, 4.69) is 10.2 Å². The molecule has 1 heterocycles. The Hall–Kier alpha value is -1.99. The number of carbonyl (C=O) groups excluding carboxylic acids is 1. The van der Waals surface area contributed by atoms with Crippen molar-refractivity contribution in [2.24, 2.45) is 0 Å². The van der Waals surface area contributed by atoms with Crippen LogP contribution < -0.4 is 15.8 Å². The molecule has 0 aromatic heterocycles.